The average Bonchev–Trinajstić information content (AvgIpc) is 2.65. The fraction of sp³-hybridized carbons (Fsp3) is 0. The number of benzene rings is 1. The van der Waals surface area contributed by atoms with Gasteiger partial charge in [-0.1, -0.05) is 0 Å². The van der Waals surface area contributed by atoms with Crippen LogP contribution in [0, 0.1) is 0 Å². The lowest BCUT2D eigenvalue weighted by Crippen LogP contribution is -1.80. The lowest BCUT2D eigenvalue weighted by atomic mass is 10.2. The van der Waals surface area contributed by atoms with Crippen LogP contribution in [-0.4, -0.2) is 4.98 Å². The Balaban J connectivity index is 2.58. The van der Waals surface area contributed by atoms with Gasteiger partial charge in [0.1, 0.15) is 11.4 Å². The van der Waals surface area contributed by atoms with Gasteiger partial charge in [0, 0.05) is 22.4 Å². The molecule has 4 nitrogen and oxygen atoms in total. The number of hydrogen-bond acceptors (Lipinski definition) is 3. The van der Waals surface area contributed by atoms with E-state index in [2.05, 4.69) is 4.98 Å². The number of furan rings is 1. The Morgan fingerprint density at radius 2 is 1.93 bits per heavy atom. The van der Waals surface area contributed by atoms with Crippen molar-refractivity contribution in [1.29, 1.82) is 0 Å². The van der Waals surface area contributed by atoms with Crippen LogP contribution in [0.1, 0.15) is 0 Å². The van der Waals surface area contributed by atoms with Crippen LogP contribution >= 0.6 is 0 Å². The van der Waals surface area contributed by atoms with Crippen LogP contribution in [0.4, 0.5) is 11.7 Å². The molecule has 0 fully saturated rings. The molecule has 14 heavy (non-hydrogen) atoms. The molecule has 0 aliphatic carbocycles. The van der Waals surface area contributed by atoms with Crippen LogP contribution in [0.5, 0.6) is 0 Å². The number of aromatic nitrogens is 1. The quantitative estimate of drug-likeness (QED) is 0.504. The third-order valence-corrected chi connectivity index (χ3v) is 2.34. The molecule has 3 rings (SSSR count). The zero-order chi connectivity index (χ0) is 9.71. The first kappa shape index (κ1) is 7.32. The van der Waals surface area contributed by atoms with Crippen molar-refractivity contribution in [2.45, 2.75) is 0 Å². The van der Waals surface area contributed by atoms with Gasteiger partial charge >= 0.3 is 0 Å². The number of nitrogen functional groups attached to an aromatic ring is 2. The summed E-state index contributed by atoms with van der Waals surface area (Å²) in [6, 6.07) is 7.50. The first-order valence-corrected chi connectivity index (χ1v) is 4.30. The molecule has 2 aromatic heterocycles. The Labute approximate surface area is 79.5 Å². The molecule has 0 unspecified atom stereocenters. The fourth-order valence-corrected chi connectivity index (χ4v) is 1.76. The highest BCUT2D eigenvalue weighted by Crippen LogP contribution is 2.29. The van der Waals surface area contributed by atoms with Gasteiger partial charge in [0.05, 0.1) is 0 Å². The van der Waals surface area contributed by atoms with E-state index < -0.39 is 0 Å². The van der Waals surface area contributed by atoms with E-state index in [0.29, 0.717) is 11.7 Å². The van der Waals surface area contributed by atoms with E-state index >= 15 is 0 Å². The van der Waals surface area contributed by atoms with Gasteiger partial charge in [-0.3, -0.25) is 0 Å². The Bertz CT molecular complexity index is 565. The van der Waals surface area contributed by atoms with Gasteiger partial charge in [0.25, 0.3) is 0 Å². The zero-order valence-electron chi connectivity index (χ0n) is 7.37. The number of aromatic amines is 1. The topological polar surface area (TPSA) is 81.0 Å². The molecule has 0 aliphatic heterocycles. The number of fused-ring (bicyclic) bond motifs is 3. The Morgan fingerprint density at radius 3 is 2.79 bits per heavy atom. The number of rotatable bonds is 0. The Hall–Kier alpha value is -2.10. The van der Waals surface area contributed by atoms with E-state index in [1.54, 1.807) is 0 Å². The largest absolute Gasteiger partial charge is 0.441 e. The van der Waals surface area contributed by atoms with E-state index in [1.165, 1.54) is 0 Å². The van der Waals surface area contributed by atoms with E-state index in [-0.39, 0.29) is 0 Å². The second-order valence-corrected chi connectivity index (χ2v) is 3.31. The van der Waals surface area contributed by atoms with Crippen molar-refractivity contribution in [3.05, 3.63) is 24.3 Å². The molecule has 0 atom stereocenters. The highest BCUT2D eigenvalue weighted by molar-refractivity contribution is 6.06. The van der Waals surface area contributed by atoms with Crippen LogP contribution in [0.25, 0.3) is 21.9 Å². The third-order valence-electron chi connectivity index (χ3n) is 2.34. The van der Waals surface area contributed by atoms with Crippen molar-refractivity contribution in [2.24, 2.45) is 0 Å². The molecule has 70 valence electrons. The molecule has 3 aromatic rings. The first-order valence-electron chi connectivity index (χ1n) is 4.30. The fourth-order valence-electron chi connectivity index (χ4n) is 1.76. The highest BCUT2D eigenvalue weighted by Gasteiger charge is 2.06. The normalized spacial score (nSPS) is 11.4. The molecule has 0 radical (unpaired) electrons. The van der Waals surface area contributed by atoms with Gasteiger partial charge in [0.2, 0.25) is 0 Å². The maximum absolute atomic E-state index is 5.67. The molecule has 0 spiro atoms. The molecule has 2 heterocycles. The summed E-state index contributed by atoms with van der Waals surface area (Å²) in [6.45, 7) is 0. The van der Waals surface area contributed by atoms with Crippen LogP contribution in [-0.2, 0) is 0 Å². The molecule has 0 bridgehead atoms. The van der Waals surface area contributed by atoms with E-state index in [1.807, 2.05) is 24.3 Å². The summed E-state index contributed by atoms with van der Waals surface area (Å²) in [4.78, 5) is 3.06. The molecule has 5 N–H and O–H groups in total. The van der Waals surface area contributed by atoms with Gasteiger partial charge in [-0.05, 0) is 18.2 Å². The minimum absolute atomic E-state index is 0.423. The van der Waals surface area contributed by atoms with E-state index in [0.717, 1.165) is 21.9 Å². The van der Waals surface area contributed by atoms with Crippen molar-refractivity contribution < 1.29 is 4.42 Å². The molecular weight excluding hydrogens is 178 g/mol. The van der Waals surface area contributed by atoms with E-state index in [9.17, 15) is 0 Å². The molecule has 1 aromatic carbocycles. The molecule has 0 saturated carbocycles. The minimum atomic E-state index is 0.423. The summed E-state index contributed by atoms with van der Waals surface area (Å²) < 4.78 is 5.31. The lowest BCUT2D eigenvalue weighted by molar-refractivity contribution is 0.637. The summed E-state index contributed by atoms with van der Waals surface area (Å²) in [5, 5.41) is 2.04. The highest BCUT2D eigenvalue weighted by atomic mass is 16.3. The SMILES string of the molecule is Nc1cc2c(ccc3oc(N)cc32)[nH]1. The van der Waals surface area contributed by atoms with Crippen LogP contribution in [0.3, 0.4) is 0 Å². The van der Waals surface area contributed by atoms with Gasteiger partial charge in [-0.2, -0.15) is 0 Å². The smallest absolute Gasteiger partial charge is 0.191 e. The number of nitrogens with one attached hydrogen (secondary N) is 1. The van der Waals surface area contributed by atoms with Crippen LogP contribution in [0.2, 0.25) is 0 Å². The zero-order valence-corrected chi connectivity index (χ0v) is 7.37. The molecular formula is C10H9N3O. The number of H-pyrrole nitrogens is 1. The lowest BCUT2D eigenvalue weighted by Gasteiger charge is -1.89. The van der Waals surface area contributed by atoms with Gasteiger partial charge in [-0.25, -0.2) is 0 Å². The van der Waals surface area contributed by atoms with Gasteiger partial charge in [-0.15, -0.1) is 0 Å². The summed E-state index contributed by atoms with van der Waals surface area (Å²) >= 11 is 0. The molecule has 0 saturated heterocycles. The number of anilines is 2. The second-order valence-electron chi connectivity index (χ2n) is 3.31. The standard InChI is InChI=1S/C10H9N3O/c11-9-3-5-6-4-10(12)14-8(6)2-1-7(5)13-9/h1-4,13H,11-12H2. The minimum Gasteiger partial charge on any atom is -0.441 e. The number of nitrogens with two attached hydrogens (primary N) is 2. The average molecular weight is 187 g/mol. The predicted octanol–water partition coefficient (Wildman–Crippen LogP) is 2.08. The van der Waals surface area contributed by atoms with Crippen molar-refractivity contribution in [3.63, 3.8) is 0 Å². The van der Waals surface area contributed by atoms with Crippen molar-refractivity contribution in [3.8, 4) is 0 Å². The molecule has 0 aliphatic rings. The summed E-state index contributed by atoms with van der Waals surface area (Å²) in [6.07, 6.45) is 0. The Kier molecular flexibility index (Phi) is 1.16. The third kappa shape index (κ3) is 0.821. The molecule has 0 amide bonds. The summed E-state index contributed by atoms with van der Waals surface area (Å²) in [7, 11) is 0. The van der Waals surface area contributed by atoms with Gasteiger partial charge in [0.15, 0.2) is 5.88 Å². The Morgan fingerprint density at radius 1 is 1.07 bits per heavy atom. The van der Waals surface area contributed by atoms with Crippen LogP contribution in [0.15, 0.2) is 28.7 Å². The van der Waals surface area contributed by atoms with Gasteiger partial charge < -0.3 is 20.9 Å². The van der Waals surface area contributed by atoms with Crippen molar-refractivity contribution >= 4 is 33.6 Å². The maximum Gasteiger partial charge on any atom is 0.191 e. The van der Waals surface area contributed by atoms with Crippen molar-refractivity contribution in [2.75, 3.05) is 11.5 Å². The molecule has 4 heteroatoms. The maximum atomic E-state index is 5.67. The van der Waals surface area contributed by atoms with Crippen LogP contribution < -0.4 is 11.5 Å². The number of hydrogen-bond donors (Lipinski definition) is 3. The monoisotopic (exact) mass is 187 g/mol. The first-order chi connectivity index (χ1) is 6.74. The summed E-state index contributed by atoms with van der Waals surface area (Å²) in [5.74, 6) is 1.07. The van der Waals surface area contributed by atoms with E-state index in [4.69, 9.17) is 15.9 Å². The second kappa shape index (κ2) is 2.23. The summed E-state index contributed by atoms with van der Waals surface area (Å²) in [5.41, 5.74) is 13.0. The predicted molar refractivity (Wildman–Crippen MR) is 56.9 cm³/mol. The van der Waals surface area contributed by atoms with Crippen molar-refractivity contribution in [1.82, 2.24) is 4.98 Å².